The molecular weight excluding hydrogens is 219 g/mol. The molecule has 0 aliphatic rings. The van der Waals surface area contributed by atoms with Gasteiger partial charge in [-0.15, -0.1) is 0 Å². The van der Waals surface area contributed by atoms with Gasteiger partial charge in [-0.05, 0) is 18.2 Å². The highest BCUT2D eigenvalue weighted by atomic mass is 32.2. The summed E-state index contributed by atoms with van der Waals surface area (Å²) < 4.78 is 27.5. The van der Waals surface area contributed by atoms with E-state index >= 15 is 0 Å². The molecule has 1 aromatic carbocycles. The van der Waals surface area contributed by atoms with E-state index in [1.165, 1.54) is 31.2 Å². The number of benzene rings is 1. The fraction of sp³-hybridized carbons (Fsp3) is 0.250. The van der Waals surface area contributed by atoms with E-state index in [-0.39, 0.29) is 16.4 Å². The number of rotatable bonds is 4. The molecule has 15 heavy (non-hydrogen) atoms. The van der Waals surface area contributed by atoms with Gasteiger partial charge in [-0.3, -0.25) is 0 Å². The summed E-state index contributed by atoms with van der Waals surface area (Å²) in [5.74, 6) is 0.0810. The van der Waals surface area contributed by atoms with Crippen molar-refractivity contribution in [1.29, 1.82) is 0 Å². The highest BCUT2D eigenvalue weighted by Gasteiger charge is 2.15. The second kappa shape index (κ2) is 4.65. The van der Waals surface area contributed by atoms with Crippen LogP contribution in [-0.2, 0) is 9.84 Å². The molecule has 0 saturated heterocycles. The average molecular weight is 230 g/mol. The summed E-state index contributed by atoms with van der Waals surface area (Å²) in [5, 5.41) is 17.1. The first-order valence-electron chi connectivity index (χ1n) is 4.31. The van der Waals surface area contributed by atoms with Crippen molar-refractivity contribution in [1.82, 2.24) is 0 Å². The van der Waals surface area contributed by atoms with Crippen molar-refractivity contribution in [3.63, 3.8) is 0 Å². The number of hydrogen-bond acceptors (Lipinski definition) is 5. The quantitative estimate of drug-likeness (QED) is 0.701. The molecule has 0 aromatic heterocycles. The van der Waals surface area contributed by atoms with Gasteiger partial charge < -0.3 is 14.7 Å². The molecule has 0 fully saturated rings. The molecule has 0 bridgehead atoms. The van der Waals surface area contributed by atoms with E-state index in [4.69, 9.17) is 10.0 Å². The van der Waals surface area contributed by atoms with Gasteiger partial charge in [-0.1, -0.05) is 13.0 Å². The Hall–Kier alpha value is -1.05. The molecule has 0 aliphatic carbocycles. The van der Waals surface area contributed by atoms with Gasteiger partial charge in [-0.2, -0.15) is 0 Å². The molecule has 5 nitrogen and oxygen atoms in total. The average Bonchev–Trinajstić information content (AvgIpc) is 2.17. The lowest BCUT2D eigenvalue weighted by Crippen LogP contribution is -2.20. The molecule has 82 valence electrons. The van der Waals surface area contributed by atoms with E-state index in [2.05, 4.69) is 4.65 Å². The Morgan fingerprint density at radius 1 is 1.40 bits per heavy atom. The Labute approximate surface area is 88.4 Å². The topological polar surface area (TPSA) is 83.8 Å². The van der Waals surface area contributed by atoms with Crippen LogP contribution in [0.25, 0.3) is 0 Å². The third-order valence-electron chi connectivity index (χ3n) is 1.79. The molecule has 0 spiro atoms. The van der Waals surface area contributed by atoms with Crippen molar-refractivity contribution < 1.29 is 23.1 Å². The van der Waals surface area contributed by atoms with Crippen molar-refractivity contribution in [2.45, 2.75) is 11.8 Å². The van der Waals surface area contributed by atoms with Crippen LogP contribution in [0, 0.1) is 0 Å². The first-order valence-corrected chi connectivity index (χ1v) is 5.96. The van der Waals surface area contributed by atoms with Gasteiger partial charge in [0.2, 0.25) is 0 Å². The van der Waals surface area contributed by atoms with Crippen molar-refractivity contribution in [3.8, 4) is 5.75 Å². The third-order valence-corrected chi connectivity index (χ3v) is 3.52. The minimum Gasteiger partial charge on any atom is -0.512 e. The van der Waals surface area contributed by atoms with Crippen LogP contribution in [0.1, 0.15) is 6.92 Å². The molecule has 0 saturated carbocycles. The smallest absolute Gasteiger partial charge is 0.512 e. The van der Waals surface area contributed by atoms with Gasteiger partial charge in [0.15, 0.2) is 9.84 Å². The molecule has 0 atom stereocenters. The predicted octanol–water partition coefficient (Wildman–Crippen LogP) is -0.171. The lowest BCUT2D eigenvalue weighted by atomic mass is 10.2. The first kappa shape index (κ1) is 12.0. The molecule has 0 heterocycles. The van der Waals surface area contributed by atoms with Crippen molar-refractivity contribution >= 4 is 17.2 Å². The van der Waals surface area contributed by atoms with Crippen LogP contribution in [0.15, 0.2) is 29.2 Å². The fourth-order valence-corrected chi connectivity index (χ4v) is 1.94. The molecule has 2 N–H and O–H groups in total. The van der Waals surface area contributed by atoms with Gasteiger partial charge in [0.25, 0.3) is 0 Å². The molecule has 0 amide bonds. The maximum atomic E-state index is 11.5. The number of sulfone groups is 1. The van der Waals surface area contributed by atoms with Crippen LogP contribution in [-0.4, -0.2) is 31.5 Å². The van der Waals surface area contributed by atoms with E-state index < -0.39 is 17.2 Å². The molecule has 0 aliphatic heterocycles. The fourth-order valence-electron chi connectivity index (χ4n) is 1.03. The summed E-state index contributed by atoms with van der Waals surface area (Å²) in [6.07, 6.45) is 0. The second-order valence-electron chi connectivity index (χ2n) is 2.82. The highest BCUT2D eigenvalue weighted by molar-refractivity contribution is 7.91. The van der Waals surface area contributed by atoms with E-state index in [1.807, 2.05) is 0 Å². The summed E-state index contributed by atoms with van der Waals surface area (Å²) in [7, 11) is -5.25. The highest BCUT2D eigenvalue weighted by Crippen LogP contribution is 2.18. The van der Waals surface area contributed by atoms with E-state index in [1.54, 1.807) is 0 Å². The summed E-state index contributed by atoms with van der Waals surface area (Å²) in [6.45, 7) is 1.53. The molecular formula is C8H11BO5S. The number of hydrogen-bond donors (Lipinski definition) is 2. The SMILES string of the molecule is CCS(=O)(=O)c1cccc(OB(O)O)c1. The van der Waals surface area contributed by atoms with Crippen LogP contribution >= 0.6 is 0 Å². The largest absolute Gasteiger partial charge is 0.707 e. The van der Waals surface area contributed by atoms with Gasteiger partial charge in [-0.25, -0.2) is 8.42 Å². The van der Waals surface area contributed by atoms with Crippen molar-refractivity contribution in [3.05, 3.63) is 24.3 Å². The summed E-state index contributed by atoms with van der Waals surface area (Å²) in [5.41, 5.74) is 0. The van der Waals surface area contributed by atoms with Gasteiger partial charge >= 0.3 is 7.32 Å². The zero-order chi connectivity index (χ0) is 11.5. The molecule has 1 rings (SSSR count). The van der Waals surface area contributed by atoms with Gasteiger partial charge in [0.05, 0.1) is 10.6 Å². The lowest BCUT2D eigenvalue weighted by Gasteiger charge is -2.06. The molecule has 7 heteroatoms. The Morgan fingerprint density at radius 3 is 2.60 bits per heavy atom. The lowest BCUT2D eigenvalue weighted by molar-refractivity contribution is 0.288. The van der Waals surface area contributed by atoms with Crippen molar-refractivity contribution in [2.75, 3.05) is 5.75 Å². The van der Waals surface area contributed by atoms with Gasteiger partial charge in [0.1, 0.15) is 5.75 Å². The standard InChI is InChI=1S/C8H11BO5S/c1-2-15(12,13)8-5-3-4-7(6-8)14-9(10)11/h3-6,10-11H,2H2,1H3. The molecule has 0 unspecified atom stereocenters. The van der Waals surface area contributed by atoms with Crippen molar-refractivity contribution in [2.24, 2.45) is 0 Å². The van der Waals surface area contributed by atoms with Crippen LogP contribution in [0.2, 0.25) is 0 Å². The maximum Gasteiger partial charge on any atom is 0.707 e. The minimum absolute atomic E-state index is 0.0157. The van der Waals surface area contributed by atoms with Crippen LogP contribution in [0.5, 0.6) is 5.75 Å². The Morgan fingerprint density at radius 2 is 2.07 bits per heavy atom. The molecule has 1 aromatic rings. The zero-order valence-corrected chi connectivity index (χ0v) is 8.94. The summed E-state index contributed by atoms with van der Waals surface area (Å²) >= 11 is 0. The predicted molar refractivity (Wildman–Crippen MR) is 55.0 cm³/mol. The summed E-state index contributed by atoms with van der Waals surface area (Å²) in [4.78, 5) is 0.100. The van der Waals surface area contributed by atoms with Crippen LogP contribution in [0.4, 0.5) is 0 Å². The zero-order valence-electron chi connectivity index (χ0n) is 8.12. The summed E-state index contributed by atoms with van der Waals surface area (Å²) in [6, 6.07) is 5.59. The second-order valence-corrected chi connectivity index (χ2v) is 5.10. The third kappa shape index (κ3) is 3.23. The monoisotopic (exact) mass is 230 g/mol. The van der Waals surface area contributed by atoms with Crippen LogP contribution < -0.4 is 4.65 Å². The van der Waals surface area contributed by atoms with E-state index in [0.29, 0.717) is 0 Å². The molecule has 0 radical (unpaired) electrons. The first-order chi connectivity index (χ1) is 6.95. The Kier molecular flexibility index (Phi) is 3.73. The Balaban J connectivity index is 3.03. The van der Waals surface area contributed by atoms with E-state index in [9.17, 15) is 8.42 Å². The Bertz CT molecular complexity index is 428. The maximum absolute atomic E-state index is 11.5. The van der Waals surface area contributed by atoms with Crippen LogP contribution in [0.3, 0.4) is 0 Å². The normalized spacial score (nSPS) is 11.1. The van der Waals surface area contributed by atoms with E-state index in [0.717, 1.165) is 0 Å². The minimum atomic E-state index is -3.30. The van der Waals surface area contributed by atoms with Gasteiger partial charge in [0, 0.05) is 0 Å².